The zero-order valence-corrected chi connectivity index (χ0v) is 21.8. The monoisotopic (exact) mass is 518 g/mol. The number of hydrogen-bond donors (Lipinski definition) is 2. The van der Waals surface area contributed by atoms with E-state index in [1.54, 1.807) is 12.1 Å². The predicted octanol–water partition coefficient (Wildman–Crippen LogP) is 2.81. The van der Waals surface area contributed by atoms with Crippen LogP contribution in [0.4, 0.5) is 5.69 Å². The number of nitrogens with zero attached hydrogens (tertiary/aromatic N) is 4. The molecule has 0 spiro atoms. The largest absolute Gasteiger partial charge is 0.371 e. The van der Waals surface area contributed by atoms with E-state index in [1.807, 2.05) is 31.3 Å². The molecule has 0 bridgehead atoms. The number of hydrogen-bond acceptors (Lipinski definition) is 7. The molecule has 1 aliphatic rings. The Hall–Kier alpha value is -3.81. The van der Waals surface area contributed by atoms with Crippen LogP contribution in [0.5, 0.6) is 0 Å². The summed E-state index contributed by atoms with van der Waals surface area (Å²) in [7, 11) is -3.18. The molecule has 3 aromatic rings. The Labute approximate surface area is 217 Å². The molecule has 10 heteroatoms. The average Bonchev–Trinajstić information content (AvgIpc) is 2.88. The maximum Gasteiger partial charge on any atom is 0.252 e. The molecular weight excluding hydrogens is 488 g/mol. The van der Waals surface area contributed by atoms with Crippen molar-refractivity contribution >= 4 is 21.6 Å². The van der Waals surface area contributed by atoms with E-state index in [4.69, 9.17) is 10.2 Å². The standard InChI is InChI=1S/C27H30N6O3S/c1-19-18-30-25(31-26(19)21-5-7-22(8-6-21)27(34)29-14-13-28)17-20-3-9-24(10-4-20)33-15-11-23(12-16-33)32-37(2,35)36/h3-10,18,23,32H,11-12,14-17H2,1-2H3,(H,29,34). The molecule has 0 saturated carbocycles. The Morgan fingerprint density at radius 3 is 2.41 bits per heavy atom. The zero-order chi connectivity index (χ0) is 26.4. The molecule has 2 heterocycles. The highest BCUT2D eigenvalue weighted by atomic mass is 32.2. The first-order valence-corrected chi connectivity index (χ1v) is 14.0. The summed E-state index contributed by atoms with van der Waals surface area (Å²) in [5.41, 5.74) is 5.34. The second-order valence-corrected chi connectivity index (χ2v) is 11.0. The SMILES string of the molecule is Cc1cnc(Cc2ccc(N3CCC(NS(C)(=O)=O)CC3)cc2)nc1-c1ccc(C(=O)NCC#N)cc1. The molecule has 1 aromatic heterocycles. The maximum atomic E-state index is 12.0. The second-order valence-electron chi connectivity index (χ2n) is 9.23. The number of carbonyl (C=O) groups excluding carboxylic acids is 1. The summed E-state index contributed by atoms with van der Waals surface area (Å²) in [6.45, 7) is 3.53. The van der Waals surface area contributed by atoms with Crippen LogP contribution in [-0.2, 0) is 16.4 Å². The molecule has 2 aromatic carbocycles. The highest BCUT2D eigenvalue weighted by Gasteiger charge is 2.21. The molecule has 1 saturated heterocycles. The zero-order valence-electron chi connectivity index (χ0n) is 20.9. The van der Waals surface area contributed by atoms with Crippen LogP contribution in [-0.4, -0.2) is 56.2 Å². The van der Waals surface area contributed by atoms with Crippen molar-refractivity contribution in [3.8, 4) is 17.3 Å². The number of aromatic nitrogens is 2. The van der Waals surface area contributed by atoms with Crippen molar-refractivity contribution < 1.29 is 13.2 Å². The van der Waals surface area contributed by atoms with E-state index in [9.17, 15) is 13.2 Å². The number of amides is 1. The van der Waals surface area contributed by atoms with Gasteiger partial charge in [-0.2, -0.15) is 5.26 Å². The highest BCUT2D eigenvalue weighted by molar-refractivity contribution is 7.88. The molecule has 1 amide bonds. The molecular formula is C27H30N6O3S. The van der Waals surface area contributed by atoms with E-state index in [0.717, 1.165) is 54.0 Å². The van der Waals surface area contributed by atoms with Crippen LogP contribution in [0.3, 0.4) is 0 Å². The number of carbonyl (C=O) groups is 1. The van der Waals surface area contributed by atoms with Gasteiger partial charge in [0.2, 0.25) is 10.0 Å². The van der Waals surface area contributed by atoms with E-state index >= 15 is 0 Å². The molecule has 0 radical (unpaired) electrons. The van der Waals surface area contributed by atoms with Crippen molar-refractivity contribution in [1.82, 2.24) is 20.0 Å². The Balaban J connectivity index is 1.40. The summed E-state index contributed by atoms with van der Waals surface area (Å²) < 4.78 is 25.6. The van der Waals surface area contributed by atoms with Crippen LogP contribution in [0.1, 0.15) is 40.2 Å². The fraction of sp³-hybridized carbons (Fsp3) is 0.333. The van der Waals surface area contributed by atoms with Crippen molar-refractivity contribution in [2.45, 2.75) is 32.2 Å². The van der Waals surface area contributed by atoms with Gasteiger partial charge in [-0.25, -0.2) is 23.1 Å². The lowest BCUT2D eigenvalue weighted by molar-refractivity contribution is 0.0958. The third kappa shape index (κ3) is 7.12. The third-order valence-electron chi connectivity index (χ3n) is 6.31. The maximum absolute atomic E-state index is 12.0. The van der Waals surface area contributed by atoms with Gasteiger partial charge in [0.15, 0.2) is 0 Å². The molecule has 0 aliphatic carbocycles. The lowest BCUT2D eigenvalue weighted by atomic mass is 10.0. The molecule has 0 unspecified atom stereocenters. The van der Waals surface area contributed by atoms with Crippen LogP contribution < -0.4 is 14.9 Å². The van der Waals surface area contributed by atoms with E-state index < -0.39 is 10.0 Å². The minimum atomic E-state index is -3.18. The van der Waals surface area contributed by atoms with E-state index in [2.05, 4.69) is 44.2 Å². The number of anilines is 1. The molecule has 1 fully saturated rings. The first kappa shape index (κ1) is 26.3. The van der Waals surface area contributed by atoms with Crippen LogP contribution in [0.25, 0.3) is 11.3 Å². The quantitative estimate of drug-likeness (QED) is 0.439. The summed E-state index contributed by atoms with van der Waals surface area (Å²) >= 11 is 0. The topological polar surface area (TPSA) is 128 Å². The Morgan fingerprint density at radius 2 is 1.78 bits per heavy atom. The van der Waals surface area contributed by atoms with Crippen LogP contribution in [0.15, 0.2) is 54.7 Å². The highest BCUT2D eigenvalue weighted by Crippen LogP contribution is 2.24. The van der Waals surface area contributed by atoms with Crippen molar-refractivity contribution in [1.29, 1.82) is 5.26 Å². The summed E-state index contributed by atoms with van der Waals surface area (Å²) in [6, 6.07) is 17.4. The van der Waals surface area contributed by atoms with Gasteiger partial charge in [-0.15, -0.1) is 0 Å². The van der Waals surface area contributed by atoms with E-state index in [0.29, 0.717) is 17.8 Å². The molecule has 37 heavy (non-hydrogen) atoms. The van der Waals surface area contributed by atoms with Gasteiger partial charge in [0.1, 0.15) is 12.4 Å². The minimum absolute atomic E-state index is 0.00433. The van der Waals surface area contributed by atoms with Gasteiger partial charge in [-0.3, -0.25) is 4.79 Å². The fourth-order valence-corrected chi connectivity index (χ4v) is 5.26. The van der Waals surface area contributed by atoms with Crippen LogP contribution in [0, 0.1) is 18.3 Å². The molecule has 0 atom stereocenters. The number of piperidine rings is 1. The Bertz CT molecular complexity index is 1390. The van der Waals surface area contributed by atoms with Crippen LogP contribution >= 0.6 is 0 Å². The molecule has 9 nitrogen and oxygen atoms in total. The van der Waals surface area contributed by atoms with Gasteiger partial charge in [-0.1, -0.05) is 24.3 Å². The molecule has 1 aliphatic heterocycles. The average molecular weight is 519 g/mol. The summed E-state index contributed by atoms with van der Waals surface area (Å²) in [5.74, 6) is 0.420. The summed E-state index contributed by atoms with van der Waals surface area (Å²) in [6.07, 6.45) is 5.16. The third-order valence-corrected chi connectivity index (χ3v) is 7.07. The number of benzene rings is 2. The molecule has 2 N–H and O–H groups in total. The number of aryl methyl sites for hydroxylation is 1. The Kier molecular flexibility index (Phi) is 8.16. The predicted molar refractivity (Wildman–Crippen MR) is 143 cm³/mol. The van der Waals surface area contributed by atoms with Gasteiger partial charge in [0, 0.05) is 48.6 Å². The van der Waals surface area contributed by atoms with Gasteiger partial charge in [-0.05, 0) is 55.2 Å². The first-order chi connectivity index (χ1) is 17.7. The van der Waals surface area contributed by atoms with Crippen molar-refractivity contribution in [2.24, 2.45) is 0 Å². The fourth-order valence-electron chi connectivity index (χ4n) is 4.42. The van der Waals surface area contributed by atoms with Gasteiger partial charge in [0.25, 0.3) is 5.91 Å². The lowest BCUT2D eigenvalue weighted by Gasteiger charge is -2.33. The summed E-state index contributed by atoms with van der Waals surface area (Å²) in [5, 5.41) is 11.2. The second kappa shape index (κ2) is 11.5. The number of sulfonamides is 1. The van der Waals surface area contributed by atoms with E-state index in [1.165, 1.54) is 6.26 Å². The Morgan fingerprint density at radius 1 is 1.11 bits per heavy atom. The number of nitrogens with one attached hydrogen (secondary N) is 2. The first-order valence-electron chi connectivity index (χ1n) is 12.1. The normalized spacial score (nSPS) is 14.2. The smallest absolute Gasteiger partial charge is 0.252 e. The van der Waals surface area contributed by atoms with Crippen molar-refractivity contribution in [2.75, 3.05) is 30.8 Å². The van der Waals surface area contributed by atoms with Gasteiger partial charge >= 0.3 is 0 Å². The van der Waals surface area contributed by atoms with Gasteiger partial charge < -0.3 is 10.2 Å². The van der Waals surface area contributed by atoms with E-state index in [-0.39, 0.29) is 18.5 Å². The summed E-state index contributed by atoms with van der Waals surface area (Å²) in [4.78, 5) is 23.6. The minimum Gasteiger partial charge on any atom is -0.371 e. The number of rotatable bonds is 8. The van der Waals surface area contributed by atoms with Crippen LogP contribution in [0.2, 0.25) is 0 Å². The lowest BCUT2D eigenvalue weighted by Crippen LogP contribution is -2.44. The van der Waals surface area contributed by atoms with Gasteiger partial charge in [0.05, 0.1) is 18.0 Å². The molecule has 192 valence electrons. The molecule has 4 rings (SSSR count). The van der Waals surface area contributed by atoms with Crippen molar-refractivity contribution in [3.05, 3.63) is 77.2 Å². The number of nitriles is 1. The van der Waals surface area contributed by atoms with Crippen molar-refractivity contribution in [3.63, 3.8) is 0 Å².